The molecule has 1 N–H and O–H groups in total. The van der Waals surface area contributed by atoms with E-state index in [0.29, 0.717) is 28.3 Å². The van der Waals surface area contributed by atoms with Gasteiger partial charge in [0.1, 0.15) is 5.75 Å². The van der Waals surface area contributed by atoms with Crippen molar-refractivity contribution in [2.24, 2.45) is 0 Å². The minimum Gasteiger partial charge on any atom is -0.431 e. The van der Waals surface area contributed by atoms with Gasteiger partial charge in [-0.25, -0.2) is 4.98 Å². The van der Waals surface area contributed by atoms with Crippen LogP contribution in [0.15, 0.2) is 42.5 Å². The first kappa shape index (κ1) is 19.8. The van der Waals surface area contributed by atoms with Crippen molar-refractivity contribution < 1.29 is 9.53 Å². The highest BCUT2D eigenvalue weighted by Crippen LogP contribution is 2.37. The van der Waals surface area contributed by atoms with Gasteiger partial charge in [0.15, 0.2) is 0 Å². The fourth-order valence-corrected chi connectivity index (χ4v) is 5.82. The van der Waals surface area contributed by atoms with Crippen LogP contribution in [0.5, 0.6) is 10.9 Å². The SMILES string of the molecule is CC(=O)NC1CC2CCC(C1)N2Cc1ccc(Oc2nc3cc(Cl)ccc3s2)cc1. The average molecular weight is 442 g/mol. The maximum Gasteiger partial charge on any atom is 0.279 e. The maximum absolute atomic E-state index is 11.4. The van der Waals surface area contributed by atoms with Gasteiger partial charge in [-0.3, -0.25) is 9.69 Å². The molecule has 2 saturated heterocycles. The normalized spacial score (nSPS) is 23.6. The zero-order valence-electron chi connectivity index (χ0n) is 16.8. The third-order valence-corrected chi connectivity index (χ3v) is 7.26. The van der Waals surface area contributed by atoms with Gasteiger partial charge in [-0.05, 0) is 61.6 Å². The van der Waals surface area contributed by atoms with Crippen LogP contribution in [0.25, 0.3) is 10.2 Å². The zero-order chi connectivity index (χ0) is 20.7. The van der Waals surface area contributed by atoms with Crippen molar-refractivity contribution in [1.29, 1.82) is 0 Å². The van der Waals surface area contributed by atoms with Crippen molar-refractivity contribution in [3.8, 4) is 10.9 Å². The Hall–Kier alpha value is -2.15. The van der Waals surface area contributed by atoms with Crippen LogP contribution in [0.3, 0.4) is 0 Å². The van der Waals surface area contributed by atoms with Crippen LogP contribution in [0.2, 0.25) is 5.02 Å². The number of thiazole rings is 1. The molecule has 156 valence electrons. The number of carbonyl (C=O) groups is 1. The number of aromatic nitrogens is 1. The summed E-state index contributed by atoms with van der Waals surface area (Å²) in [4.78, 5) is 18.5. The molecule has 7 heteroatoms. The fourth-order valence-electron chi connectivity index (χ4n) is 4.84. The number of fused-ring (bicyclic) bond motifs is 3. The van der Waals surface area contributed by atoms with Crippen LogP contribution in [0.4, 0.5) is 0 Å². The van der Waals surface area contributed by atoms with Gasteiger partial charge in [0.05, 0.1) is 10.2 Å². The lowest BCUT2D eigenvalue weighted by atomic mass is 9.96. The van der Waals surface area contributed by atoms with Gasteiger partial charge in [-0.2, -0.15) is 0 Å². The molecule has 2 bridgehead atoms. The molecule has 30 heavy (non-hydrogen) atoms. The number of piperidine rings is 1. The number of hydrogen-bond acceptors (Lipinski definition) is 5. The Kier molecular flexibility index (Phi) is 5.39. The Morgan fingerprint density at radius 1 is 1.20 bits per heavy atom. The second-order valence-corrected chi connectivity index (χ2v) is 9.69. The third kappa shape index (κ3) is 4.17. The molecule has 3 aromatic rings. The minimum atomic E-state index is 0.0830. The van der Waals surface area contributed by atoms with Crippen molar-refractivity contribution in [1.82, 2.24) is 15.2 Å². The van der Waals surface area contributed by atoms with Gasteiger partial charge in [-0.1, -0.05) is 35.1 Å². The molecular formula is C23H24ClN3O2S. The van der Waals surface area contributed by atoms with E-state index in [4.69, 9.17) is 16.3 Å². The minimum absolute atomic E-state index is 0.0830. The van der Waals surface area contributed by atoms with Gasteiger partial charge >= 0.3 is 0 Å². The quantitative estimate of drug-likeness (QED) is 0.578. The number of hydrogen-bond donors (Lipinski definition) is 1. The lowest BCUT2D eigenvalue weighted by Crippen LogP contribution is -2.49. The Balaban J connectivity index is 1.23. The number of halogens is 1. The van der Waals surface area contributed by atoms with Crippen molar-refractivity contribution in [2.45, 2.75) is 57.3 Å². The molecule has 1 amide bonds. The fraction of sp³-hybridized carbons (Fsp3) is 0.391. The number of nitrogens with one attached hydrogen (secondary N) is 1. The predicted molar refractivity (Wildman–Crippen MR) is 120 cm³/mol. The molecule has 2 atom stereocenters. The van der Waals surface area contributed by atoms with Gasteiger partial charge < -0.3 is 10.1 Å². The Morgan fingerprint density at radius 3 is 2.63 bits per heavy atom. The number of nitrogens with zero attached hydrogens (tertiary/aromatic N) is 2. The van der Waals surface area contributed by atoms with Gasteiger partial charge in [-0.15, -0.1) is 0 Å². The molecule has 5 nitrogen and oxygen atoms in total. The second-order valence-electron chi connectivity index (χ2n) is 8.26. The summed E-state index contributed by atoms with van der Waals surface area (Å²) in [6.45, 7) is 2.56. The third-order valence-electron chi connectivity index (χ3n) is 6.12. The van der Waals surface area contributed by atoms with Gasteiger partial charge in [0.25, 0.3) is 5.19 Å². The summed E-state index contributed by atoms with van der Waals surface area (Å²) in [5.74, 6) is 0.871. The van der Waals surface area contributed by atoms with Gasteiger partial charge in [0.2, 0.25) is 5.91 Å². The molecule has 3 heterocycles. The van der Waals surface area contributed by atoms with Crippen LogP contribution in [-0.2, 0) is 11.3 Å². The molecular weight excluding hydrogens is 418 g/mol. The summed E-state index contributed by atoms with van der Waals surface area (Å²) in [5, 5.41) is 4.42. The van der Waals surface area contributed by atoms with Crippen molar-refractivity contribution >= 4 is 39.1 Å². The molecule has 0 aliphatic carbocycles. The van der Waals surface area contributed by atoms with E-state index in [-0.39, 0.29) is 5.91 Å². The van der Waals surface area contributed by atoms with Gasteiger partial charge in [0, 0.05) is 36.6 Å². The average Bonchev–Trinajstić information content (AvgIpc) is 3.19. The lowest BCUT2D eigenvalue weighted by Gasteiger charge is -2.39. The molecule has 2 aromatic carbocycles. The van der Waals surface area contributed by atoms with E-state index >= 15 is 0 Å². The topological polar surface area (TPSA) is 54.5 Å². The molecule has 5 rings (SSSR count). The number of amides is 1. The molecule has 2 fully saturated rings. The number of rotatable bonds is 5. The molecule has 0 saturated carbocycles. The first-order valence-electron chi connectivity index (χ1n) is 10.4. The van der Waals surface area contributed by atoms with E-state index in [9.17, 15) is 4.79 Å². The van der Waals surface area contributed by atoms with E-state index in [2.05, 4.69) is 27.3 Å². The smallest absolute Gasteiger partial charge is 0.279 e. The summed E-state index contributed by atoms with van der Waals surface area (Å²) in [6.07, 6.45) is 4.56. The van der Waals surface area contributed by atoms with Crippen LogP contribution < -0.4 is 10.1 Å². The van der Waals surface area contributed by atoms with Crippen molar-refractivity contribution in [3.05, 3.63) is 53.1 Å². The largest absolute Gasteiger partial charge is 0.431 e. The molecule has 2 aliphatic rings. The van der Waals surface area contributed by atoms with Crippen LogP contribution >= 0.6 is 22.9 Å². The van der Waals surface area contributed by atoms with E-state index in [1.54, 1.807) is 6.92 Å². The molecule has 0 radical (unpaired) electrons. The number of benzene rings is 2. The van der Waals surface area contributed by atoms with Crippen molar-refractivity contribution in [3.63, 3.8) is 0 Å². The zero-order valence-corrected chi connectivity index (χ0v) is 18.4. The Labute approximate surface area is 185 Å². The lowest BCUT2D eigenvalue weighted by molar-refractivity contribution is -0.120. The summed E-state index contributed by atoms with van der Waals surface area (Å²) in [5.41, 5.74) is 2.14. The van der Waals surface area contributed by atoms with Crippen LogP contribution in [-0.4, -0.2) is 33.9 Å². The molecule has 1 aromatic heterocycles. The van der Waals surface area contributed by atoms with Crippen LogP contribution in [0, 0.1) is 0 Å². The summed E-state index contributed by atoms with van der Waals surface area (Å²) in [7, 11) is 0. The summed E-state index contributed by atoms with van der Waals surface area (Å²) in [6, 6.07) is 15.4. The number of carbonyl (C=O) groups excluding carboxylic acids is 1. The predicted octanol–water partition coefficient (Wildman–Crippen LogP) is 5.37. The maximum atomic E-state index is 11.4. The highest BCUT2D eigenvalue weighted by molar-refractivity contribution is 7.20. The highest BCUT2D eigenvalue weighted by Gasteiger charge is 2.40. The Bertz CT molecular complexity index is 1050. The molecule has 2 aliphatic heterocycles. The molecule has 0 spiro atoms. The van der Waals surface area contributed by atoms with E-state index < -0.39 is 0 Å². The van der Waals surface area contributed by atoms with Crippen molar-refractivity contribution in [2.75, 3.05) is 0 Å². The monoisotopic (exact) mass is 441 g/mol. The standard InChI is InChI=1S/C23H24ClN3O2S/c1-14(28)25-17-11-18-5-6-19(12-17)27(18)13-15-2-7-20(8-3-15)29-23-26-21-10-16(24)4-9-22(21)30-23/h2-4,7-10,17-19H,5-6,11-13H2,1H3,(H,25,28). The molecule has 2 unspecified atom stereocenters. The second kappa shape index (κ2) is 8.17. The highest BCUT2D eigenvalue weighted by atomic mass is 35.5. The van der Waals surface area contributed by atoms with Crippen LogP contribution in [0.1, 0.15) is 38.2 Å². The van der Waals surface area contributed by atoms with E-state index in [0.717, 1.165) is 35.4 Å². The summed E-state index contributed by atoms with van der Waals surface area (Å²) >= 11 is 7.56. The number of ether oxygens (including phenoxy) is 1. The Morgan fingerprint density at radius 2 is 1.93 bits per heavy atom. The summed E-state index contributed by atoms with van der Waals surface area (Å²) < 4.78 is 7.02. The van der Waals surface area contributed by atoms with E-state index in [1.165, 1.54) is 29.7 Å². The first-order valence-corrected chi connectivity index (χ1v) is 11.6. The first-order chi connectivity index (χ1) is 14.5. The van der Waals surface area contributed by atoms with E-state index in [1.807, 2.05) is 30.3 Å².